The predicted molar refractivity (Wildman–Crippen MR) is 95.7 cm³/mol. The van der Waals surface area contributed by atoms with E-state index in [1.165, 1.54) is 17.7 Å². The monoisotopic (exact) mass is 324 g/mol. The second kappa shape index (κ2) is 6.11. The van der Waals surface area contributed by atoms with Crippen molar-refractivity contribution in [2.24, 2.45) is 0 Å². The molecule has 0 aliphatic rings. The van der Waals surface area contributed by atoms with Gasteiger partial charge in [0.15, 0.2) is 0 Å². The molecule has 0 saturated heterocycles. The molecule has 0 spiro atoms. The number of benzene rings is 2. The van der Waals surface area contributed by atoms with Crippen LogP contribution in [0.4, 0.5) is 10.1 Å². The summed E-state index contributed by atoms with van der Waals surface area (Å²) in [6, 6.07) is 14.3. The van der Waals surface area contributed by atoms with E-state index in [1.54, 1.807) is 12.3 Å². The van der Waals surface area contributed by atoms with Gasteiger partial charge >= 0.3 is 0 Å². The fraction of sp³-hybridized carbons (Fsp3) is 0.250. The van der Waals surface area contributed by atoms with Crippen molar-refractivity contribution in [1.82, 2.24) is 4.57 Å². The van der Waals surface area contributed by atoms with E-state index in [2.05, 4.69) is 26.1 Å². The molecule has 1 aromatic heterocycles. The van der Waals surface area contributed by atoms with Crippen LogP contribution in [-0.4, -0.2) is 10.5 Å². The quantitative estimate of drug-likeness (QED) is 0.743. The maximum absolute atomic E-state index is 13.2. The van der Waals surface area contributed by atoms with Crippen LogP contribution in [-0.2, 0) is 16.8 Å². The van der Waals surface area contributed by atoms with Crippen molar-refractivity contribution in [1.29, 1.82) is 0 Å². The summed E-state index contributed by atoms with van der Waals surface area (Å²) < 4.78 is 15.0. The maximum atomic E-state index is 13.2. The van der Waals surface area contributed by atoms with Crippen molar-refractivity contribution in [2.75, 3.05) is 5.32 Å². The van der Waals surface area contributed by atoms with Crippen LogP contribution in [0.25, 0.3) is 10.9 Å². The minimum Gasteiger partial charge on any atom is -0.338 e. The largest absolute Gasteiger partial charge is 0.338 e. The van der Waals surface area contributed by atoms with E-state index in [0.29, 0.717) is 0 Å². The van der Waals surface area contributed by atoms with Crippen LogP contribution in [0.3, 0.4) is 0 Å². The van der Waals surface area contributed by atoms with E-state index in [4.69, 9.17) is 0 Å². The summed E-state index contributed by atoms with van der Waals surface area (Å²) in [5.74, 6) is -0.385. The van der Waals surface area contributed by atoms with Crippen molar-refractivity contribution in [3.05, 3.63) is 66.1 Å². The highest BCUT2D eigenvalue weighted by Crippen LogP contribution is 2.23. The number of nitrogens with one attached hydrogen (secondary N) is 1. The molecule has 0 fully saturated rings. The van der Waals surface area contributed by atoms with Gasteiger partial charge in [0.1, 0.15) is 12.4 Å². The molecule has 0 saturated carbocycles. The summed E-state index contributed by atoms with van der Waals surface area (Å²) >= 11 is 0. The lowest BCUT2D eigenvalue weighted by atomic mass is 9.87. The lowest BCUT2D eigenvalue weighted by Gasteiger charge is -2.19. The lowest BCUT2D eigenvalue weighted by Crippen LogP contribution is -2.18. The Bertz CT molecular complexity index is 873. The Morgan fingerprint density at radius 2 is 1.79 bits per heavy atom. The van der Waals surface area contributed by atoms with Crippen LogP contribution in [0.5, 0.6) is 0 Å². The highest BCUT2D eigenvalue weighted by molar-refractivity contribution is 5.92. The number of nitrogens with zero attached hydrogens (tertiary/aromatic N) is 1. The van der Waals surface area contributed by atoms with E-state index in [0.717, 1.165) is 16.6 Å². The van der Waals surface area contributed by atoms with Gasteiger partial charge in [-0.25, -0.2) is 4.39 Å². The number of halogens is 1. The van der Waals surface area contributed by atoms with Crippen molar-refractivity contribution >= 4 is 22.5 Å². The van der Waals surface area contributed by atoms with Crippen LogP contribution in [0.1, 0.15) is 26.3 Å². The van der Waals surface area contributed by atoms with Gasteiger partial charge in [0.25, 0.3) is 0 Å². The Balaban J connectivity index is 1.71. The number of fused-ring (bicyclic) bond motifs is 1. The van der Waals surface area contributed by atoms with Crippen LogP contribution in [0.15, 0.2) is 54.7 Å². The van der Waals surface area contributed by atoms with E-state index in [1.807, 2.05) is 34.9 Å². The molecule has 1 amide bonds. The van der Waals surface area contributed by atoms with Gasteiger partial charge in [-0.2, -0.15) is 0 Å². The van der Waals surface area contributed by atoms with Gasteiger partial charge in [-0.05, 0) is 47.4 Å². The molecule has 0 radical (unpaired) electrons. The van der Waals surface area contributed by atoms with Crippen LogP contribution >= 0.6 is 0 Å². The second-order valence-electron chi connectivity index (χ2n) is 7.02. The number of anilines is 1. The number of amides is 1. The minimum absolute atomic E-state index is 0.0852. The molecule has 2 aromatic carbocycles. The molecule has 0 atom stereocenters. The van der Waals surface area contributed by atoms with E-state index >= 15 is 0 Å². The molecule has 0 aliphatic carbocycles. The zero-order valence-corrected chi connectivity index (χ0v) is 14.1. The zero-order chi connectivity index (χ0) is 17.3. The van der Waals surface area contributed by atoms with E-state index < -0.39 is 0 Å². The van der Waals surface area contributed by atoms with Crippen LogP contribution in [0.2, 0.25) is 0 Å². The summed E-state index contributed by atoms with van der Waals surface area (Å²) in [5.41, 5.74) is 2.92. The molecule has 1 N–H and O–H groups in total. The first-order valence-corrected chi connectivity index (χ1v) is 7.98. The smallest absolute Gasteiger partial charge is 0.244 e. The fourth-order valence-electron chi connectivity index (χ4n) is 2.72. The molecular weight excluding hydrogens is 303 g/mol. The number of carbonyl (C=O) groups is 1. The average molecular weight is 324 g/mol. The molecule has 0 unspecified atom stereocenters. The Morgan fingerprint density at radius 1 is 1.08 bits per heavy atom. The lowest BCUT2D eigenvalue weighted by molar-refractivity contribution is -0.116. The summed E-state index contributed by atoms with van der Waals surface area (Å²) in [7, 11) is 0. The number of aromatic nitrogens is 1. The topological polar surface area (TPSA) is 34.0 Å². The van der Waals surface area contributed by atoms with E-state index in [-0.39, 0.29) is 23.7 Å². The average Bonchev–Trinajstić information content (AvgIpc) is 2.89. The highest BCUT2D eigenvalue weighted by atomic mass is 19.1. The van der Waals surface area contributed by atoms with Gasteiger partial charge in [0.05, 0.1) is 0 Å². The third-order valence-corrected chi connectivity index (χ3v) is 4.08. The molecular formula is C20H21FN2O. The normalized spacial score (nSPS) is 11.7. The number of carbonyl (C=O) groups excluding carboxylic acids is 1. The highest BCUT2D eigenvalue weighted by Gasteiger charge is 2.13. The zero-order valence-electron chi connectivity index (χ0n) is 14.1. The summed E-state index contributed by atoms with van der Waals surface area (Å²) in [5, 5.41) is 3.69. The second-order valence-corrected chi connectivity index (χ2v) is 7.02. The first kappa shape index (κ1) is 16.2. The Morgan fingerprint density at radius 3 is 2.46 bits per heavy atom. The third-order valence-electron chi connectivity index (χ3n) is 4.08. The molecule has 3 aromatic rings. The van der Waals surface area contributed by atoms with Gasteiger partial charge in [-0.3, -0.25) is 4.79 Å². The molecule has 1 heterocycles. The summed E-state index contributed by atoms with van der Waals surface area (Å²) in [6.07, 6.45) is 1.80. The van der Waals surface area contributed by atoms with Crippen molar-refractivity contribution < 1.29 is 9.18 Å². The molecule has 0 bridgehead atoms. The Hall–Kier alpha value is -2.62. The first-order chi connectivity index (χ1) is 11.3. The molecule has 3 rings (SSSR count). The maximum Gasteiger partial charge on any atom is 0.244 e. The fourth-order valence-corrected chi connectivity index (χ4v) is 2.72. The summed E-state index contributed by atoms with van der Waals surface area (Å²) in [4.78, 5) is 12.3. The number of hydrogen-bond acceptors (Lipinski definition) is 1. The SMILES string of the molecule is CC(C)(C)c1ccc(NC(=O)Cn2ccc3cc(F)ccc32)cc1. The Labute approximate surface area is 141 Å². The molecule has 4 heteroatoms. The Kier molecular flexibility index (Phi) is 4.14. The van der Waals surface area contributed by atoms with Crippen molar-refractivity contribution in [3.8, 4) is 0 Å². The molecule has 0 aliphatic heterocycles. The first-order valence-electron chi connectivity index (χ1n) is 7.98. The van der Waals surface area contributed by atoms with Gasteiger partial charge in [0.2, 0.25) is 5.91 Å². The van der Waals surface area contributed by atoms with E-state index in [9.17, 15) is 9.18 Å². The van der Waals surface area contributed by atoms with Gasteiger partial charge < -0.3 is 9.88 Å². The van der Waals surface area contributed by atoms with Gasteiger partial charge in [0, 0.05) is 22.8 Å². The minimum atomic E-state index is -0.274. The van der Waals surface area contributed by atoms with Gasteiger partial charge in [-0.15, -0.1) is 0 Å². The summed E-state index contributed by atoms with van der Waals surface area (Å²) in [6.45, 7) is 6.65. The van der Waals surface area contributed by atoms with Crippen LogP contribution in [0, 0.1) is 5.82 Å². The van der Waals surface area contributed by atoms with Crippen molar-refractivity contribution in [3.63, 3.8) is 0 Å². The molecule has 124 valence electrons. The predicted octanol–water partition coefficient (Wildman–Crippen LogP) is 4.72. The third kappa shape index (κ3) is 3.48. The van der Waals surface area contributed by atoms with Crippen LogP contribution < -0.4 is 5.32 Å². The number of rotatable bonds is 3. The van der Waals surface area contributed by atoms with Gasteiger partial charge in [-0.1, -0.05) is 32.9 Å². The molecule has 24 heavy (non-hydrogen) atoms. The number of hydrogen-bond donors (Lipinski definition) is 1. The van der Waals surface area contributed by atoms with Crippen molar-refractivity contribution in [2.45, 2.75) is 32.7 Å². The standard InChI is InChI=1S/C20H21FN2O/c1-20(2,3)15-4-7-17(8-5-15)22-19(24)13-23-11-10-14-12-16(21)6-9-18(14)23/h4-12H,13H2,1-3H3,(H,22,24). The molecule has 3 nitrogen and oxygen atoms in total.